The first-order chi connectivity index (χ1) is 9.37. The van der Waals surface area contributed by atoms with Gasteiger partial charge in [-0.15, -0.1) is 0 Å². The summed E-state index contributed by atoms with van der Waals surface area (Å²) in [6, 6.07) is 0.178. The highest BCUT2D eigenvalue weighted by atomic mass is 16.4. The highest BCUT2D eigenvalue weighted by Crippen LogP contribution is 2.14. The Labute approximate surface area is 123 Å². The summed E-state index contributed by atoms with van der Waals surface area (Å²) in [5.41, 5.74) is -0.825. The first kappa shape index (κ1) is 17.4. The van der Waals surface area contributed by atoms with Gasteiger partial charge >= 0.3 is 5.97 Å². The van der Waals surface area contributed by atoms with Crippen LogP contribution in [0.5, 0.6) is 0 Å². The molecule has 1 aliphatic rings. The SMILES string of the molecule is CCCN1CCN(CCC(C)(NC(C)C)C(=O)O)CC1. The minimum atomic E-state index is -0.825. The van der Waals surface area contributed by atoms with E-state index < -0.39 is 11.5 Å². The Bertz CT molecular complexity index is 301. The molecular formula is C15H31N3O2. The summed E-state index contributed by atoms with van der Waals surface area (Å²) < 4.78 is 0. The lowest BCUT2D eigenvalue weighted by atomic mass is 9.96. The zero-order chi connectivity index (χ0) is 15.2. The molecule has 1 rings (SSSR count). The second-order valence-electron chi connectivity index (χ2n) is 6.37. The molecule has 0 amide bonds. The summed E-state index contributed by atoms with van der Waals surface area (Å²) in [6.07, 6.45) is 1.85. The van der Waals surface area contributed by atoms with Crippen molar-refractivity contribution in [1.29, 1.82) is 0 Å². The van der Waals surface area contributed by atoms with Gasteiger partial charge in [0.15, 0.2) is 0 Å². The molecule has 5 nitrogen and oxygen atoms in total. The van der Waals surface area contributed by atoms with Crippen LogP contribution in [0.4, 0.5) is 0 Å². The van der Waals surface area contributed by atoms with Gasteiger partial charge in [0.05, 0.1) is 0 Å². The average Bonchev–Trinajstić information content (AvgIpc) is 2.37. The third kappa shape index (κ3) is 5.38. The van der Waals surface area contributed by atoms with Gasteiger partial charge in [-0.2, -0.15) is 0 Å². The van der Waals surface area contributed by atoms with Crippen LogP contribution in [0.1, 0.15) is 40.5 Å². The lowest BCUT2D eigenvalue weighted by Crippen LogP contribution is -2.55. The van der Waals surface area contributed by atoms with Gasteiger partial charge in [-0.3, -0.25) is 10.1 Å². The van der Waals surface area contributed by atoms with Crippen LogP contribution in [0.15, 0.2) is 0 Å². The van der Waals surface area contributed by atoms with Crippen LogP contribution in [0.2, 0.25) is 0 Å². The van der Waals surface area contributed by atoms with E-state index in [2.05, 4.69) is 22.0 Å². The van der Waals surface area contributed by atoms with E-state index in [0.29, 0.717) is 6.42 Å². The smallest absolute Gasteiger partial charge is 0.323 e. The van der Waals surface area contributed by atoms with Crippen molar-refractivity contribution in [2.24, 2.45) is 0 Å². The number of rotatable bonds is 8. The maximum absolute atomic E-state index is 11.5. The van der Waals surface area contributed by atoms with E-state index >= 15 is 0 Å². The third-order valence-electron chi connectivity index (χ3n) is 4.01. The maximum Gasteiger partial charge on any atom is 0.323 e. The molecule has 1 fully saturated rings. The van der Waals surface area contributed by atoms with E-state index in [1.807, 2.05) is 13.8 Å². The molecule has 0 aliphatic carbocycles. The third-order valence-corrected chi connectivity index (χ3v) is 4.01. The molecule has 1 heterocycles. The van der Waals surface area contributed by atoms with Crippen LogP contribution in [0.3, 0.4) is 0 Å². The first-order valence-corrected chi connectivity index (χ1v) is 7.83. The number of hydrogen-bond donors (Lipinski definition) is 2. The molecule has 0 aromatic carbocycles. The van der Waals surface area contributed by atoms with Gasteiger partial charge in [0.2, 0.25) is 0 Å². The Morgan fingerprint density at radius 1 is 1.20 bits per heavy atom. The highest BCUT2D eigenvalue weighted by molar-refractivity contribution is 5.78. The van der Waals surface area contributed by atoms with Crippen LogP contribution in [0.25, 0.3) is 0 Å². The fraction of sp³-hybridized carbons (Fsp3) is 0.933. The molecule has 0 aromatic heterocycles. The van der Waals surface area contributed by atoms with Crippen molar-refractivity contribution in [3.05, 3.63) is 0 Å². The number of nitrogens with zero attached hydrogens (tertiary/aromatic N) is 2. The van der Waals surface area contributed by atoms with Gasteiger partial charge < -0.3 is 14.9 Å². The van der Waals surface area contributed by atoms with Crippen molar-refractivity contribution >= 4 is 5.97 Å². The Morgan fingerprint density at radius 3 is 2.10 bits per heavy atom. The molecule has 0 spiro atoms. The van der Waals surface area contributed by atoms with Crippen LogP contribution in [-0.2, 0) is 4.79 Å². The lowest BCUT2D eigenvalue weighted by molar-refractivity contribution is -0.145. The topological polar surface area (TPSA) is 55.8 Å². The minimum Gasteiger partial charge on any atom is -0.480 e. The molecule has 5 heteroatoms. The standard InChI is InChI=1S/C15H31N3O2/c1-5-7-17-9-11-18(12-10-17)8-6-15(4,14(19)20)16-13(2)3/h13,16H,5-12H2,1-4H3,(H,19,20). The van der Waals surface area contributed by atoms with Gasteiger partial charge in [0.25, 0.3) is 0 Å². The molecule has 0 saturated carbocycles. The van der Waals surface area contributed by atoms with E-state index in [9.17, 15) is 9.90 Å². The summed E-state index contributed by atoms with van der Waals surface area (Å²) >= 11 is 0. The lowest BCUT2D eigenvalue weighted by Gasteiger charge is -2.37. The Kier molecular flexibility index (Phi) is 6.92. The summed E-state index contributed by atoms with van der Waals surface area (Å²) in [5.74, 6) is -0.754. The normalized spacial score (nSPS) is 21.1. The molecule has 1 atom stereocenters. The fourth-order valence-corrected chi connectivity index (χ4v) is 2.81. The summed E-state index contributed by atoms with van der Waals surface area (Å²) in [5, 5.41) is 12.6. The molecule has 20 heavy (non-hydrogen) atoms. The number of carboxylic acids is 1. The number of carboxylic acid groups (broad SMARTS) is 1. The second-order valence-corrected chi connectivity index (χ2v) is 6.37. The van der Waals surface area contributed by atoms with Crippen molar-refractivity contribution < 1.29 is 9.90 Å². The van der Waals surface area contributed by atoms with Crippen LogP contribution >= 0.6 is 0 Å². The van der Waals surface area contributed by atoms with Crippen molar-refractivity contribution in [2.75, 3.05) is 39.3 Å². The summed E-state index contributed by atoms with van der Waals surface area (Å²) in [6.45, 7) is 14.3. The van der Waals surface area contributed by atoms with Crippen LogP contribution in [0, 0.1) is 0 Å². The second kappa shape index (κ2) is 7.96. The number of hydrogen-bond acceptors (Lipinski definition) is 4. The van der Waals surface area contributed by atoms with Crippen molar-refractivity contribution in [1.82, 2.24) is 15.1 Å². The zero-order valence-electron chi connectivity index (χ0n) is 13.5. The van der Waals surface area contributed by atoms with Gasteiger partial charge in [0, 0.05) is 38.8 Å². The van der Waals surface area contributed by atoms with E-state index in [-0.39, 0.29) is 6.04 Å². The summed E-state index contributed by atoms with van der Waals surface area (Å²) in [4.78, 5) is 16.3. The van der Waals surface area contributed by atoms with E-state index in [1.54, 1.807) is 6.92 Å². The fourth-order valence-electron chi connectivity index (χ4n) is 2.81. The van der Waals surface area contributed by atoms with E-state index in [4.69, 9.17) is 0 Å². The monoisotopic (exact) mass is 285 g/mol. The average molecular weight is 285 g/mol. The quantitative estimate of drug-likeness (QED) is 0.703. The highest BCUT2D eigenvalue weighted by Gasteiger charge is 2.33. The molecule has 1 saturated heterocycles. The van der Waals surface area contributed by atoms with Gasteiger partial charge in [-0.05, 0) is 40.2 Å². The molecule has 0 radical (unpaired) electrons. The Morgan fingerprint density at radius 2 is 1.70 bits per heavy atom. The first-order valence-electron chi connectivity index (χ1n) is 7.83. The molecule has 1 aliphatic heterocycles. The molecule has 1 unspecified atom stereocenters. The van der Waals surface area contributed by atoms with Gasteiger partial charge in [-0.1, -0.05) is 6.92 Å². The number of carbonyl (C=O) groups is 1. The maximum atomic E-state index is 11.5. The van der Waals surface area contributed by atoms with E-state index in [1.165, 1.54) is 13.0 Å². The molecule has 2 N–H and O–H groups in total. The van der Waals surface area contributed by atoms with Crippen LogP contribution in [-0.4, -0.2) is 71.7 Å². The Balaban J connectivity index is 2.39. The van der Waals surface area contributed by atoms with Crippen molar-refractivity contribution in [3.8, 4) is 0 Å². The Hall–Kier alpha value is -0.650. The predicted molar refractivity (Wildman–Crippen MR) is 82.1 cm³/mol. The number of piperazine rings is 1. The molecule has 118 valence electrons. The largest absolute Gasteiger partial charge is 0.480 e. The van der Waals surface area contributed by atoms with Gasteiger partial charge in [0.1, 0.15) is 5.54 Å². The molecule has 0 aromatic rings. The predicted octanol–water partition coefficient (Wildman–Crippen LogP) is 1.25. The van der Waals surface area contributed by atoms with E-state index in [0.717, 1.165) is 32.7 Å². The minimum absolute atomic E-state index is 0.178. The van der Waals surface area contributed by atoms with Crippen molar-refractivity contribution in [2.45, 2.75) is 52.1 Å². The number of aliphatic carboxylic acids is 1. The van der Waals surface area contributed by atoms with Crippen LogP contribution < -0.4 is 5.32 Å². The molecular weight excluding hydrogens is 254 g/mol. The van der Waals surface area contributed by atoms with Gasteiger partial charge in [-0.25, -0.2) is 0 Å². The zero-order valence-corrected chi connectivity index (χ0v) is 13.5. The summed E-state index contributed by atoms with van der Waals surface area (Å²) in [7, 11) is 0. The number of nitrogens with one attached hydrogen (secondary N) is 1. The van der Waals surface area contributed by atoms with Crippen molar-refractivity contribution in [3.63, 3.8) is 0 Å². The molecule has 0 bridgehead atoms.